The number of aryl methyl sites for hydroxylation is 4. The predicted octanol–water partition coefficient (Wildman–Crippen LogP) is 3.59. The van der Waals surface area contributed by atoms with Gasteiger partial charge >= 0.3 is 5.97 Å². The quantitative estimate of drug-likeness (QED) is 0.663. The molecule has 2 amide bonds. The number of nitrogens with one attached hydrogen (secondary N) is 2. The van der Waals surface area contributed by atoms with Crippen LogP contribution in [-0.4, -0.2) is 30.9 Å². The van der Waals surface area contributed by atoms with E-state index in [1.165, 1.54) is 0 Å². The molecule has 0 fully saturated rings. The molecule has 28 heavy (non-hydrogen) atoms. The second-order valence-corrected chi connectivity index (χ2v) is 7.55. The minimum Gasteiger partial charge on any atom is -0.452 e. The summed E-state index contributed by atoms with van der Waals surface area (Å²) < 4.78 is 6.00. The minimum atomic E-state index is -0.555. The number of benzene rings is 2. The normalized spacial score (nSPS) is 10.3. The summed E-state index contributed by atoms with van der Waals surface area (Å²) in [5.41, 5.74) is 4.67. The molecule has 0 saturated carbocycles. The van der Waals surface area contributed by atoms with Gasteiger partial charge in [-0.15, -0.1) is 0 Å². The lowest BCUT2D eigenvalue weighted by atomic mass is 10.00. The molecule has 0 bridgehead atoms. The molecule has 0 radical (unpaired) electrons. The first-order valence-corrected chi connectivity index (χ1v) is 9.54. The van der Waals surface area contributed by atoms with Crippen LogP contribution in [0.25, 0.3) is 0 Å². The number of carbonyl (C=O) groups is 3. The summed E-state index contributed by atoms with van der Waals surface area (Å²) in [6.07, 6.45) is 0. The molecule has 0 aliphatic heterocycles. The summed E-state index contributed by atoms with van der Waals surface area (Å²) >= 11 is 3.36. The van der Waals surface area contributed by atoms with Gasteiger partial charge in [0.25, 0.3) is 5.91 Å². The number of rotatable bonds is 6. The Morgan fingerprint density at radius 1 is 0.929 bits per heavy atom. The van der Waals surface area contributed by atoms with Gasteiger partial charge in [-0.25, -0.2) is 4.79 Å². The molecule has 6 nitrogen and oxygen atoms in total. The van der Waals surface area contributed by atoms with E-state index in [1.54, 1.807) is 6.07 Å². The maximum Gasteiger partial charge on any atom is 0.339 e. The first kappa shape index (κ1) is 21.6. The van der Waals surface area contributed by atoms with Crippen LogP contribution in [-0.2, 0) is 14.3 Å². The van der Waals surface area contributed by atoms with Crippen molar-refractivity contribution in [1.29, 1.82) is 0 Å². The third-order valence-electron chi connectivity index (χ3n) is 4.12. The number of carbonyl (C=O) groups excluding carboxylic acids is 3. The van der Waals surface area contributed by atoms with Crippen molar-refractivity contribution < 1.29 is 19.1 Å². The van der Waals surface area contributed by atoms with Gasteiger partial charge in [-0.2, -0.15) is 0 Å². The van der Waals surface area contributed by atoms with E-state index in [0.29, 0.717) is 11.3 Å². The molecule has 0 atom stereocenters. The molecule has 0 aromatic heterocycles. The Morgan fingerprint density at radius 2 is 1.57 bits per heavy atom. The molecule has 0 spiro atoms. The van der Waals surface area contributed by atoms with Crippen LogP contribution in [0.1, 0.15) is 32.6 Å². The van der Waals surface area contributed by atoms with Gasteiger partial charge < -0.3 is 15.4 Å². The second kappa shape index (κ2) is 9.50. The number of amides is 2. The molecule has 0 unspecified atom stereocenters. The lowest BCUT2D eigenvalue weighted by Gasteiger charge is -2.12. The van der Waals surface area contributed by atoms with Gasteiger partial charge in [0.05, 0.1) is 12.1 Å². The lowest BCUT2D eigenvalue weighted by molar-refractivity contribution is -0.126. The fourth-order valence-electron chi connectivity index (χ4n) is 2.90. The number of esters is 1. The van der Waals surface area contributed by atoms with Gasteiger partial charge in [-0.05, 0) is 62.6 Å². The standard InChI is InChI=1S/C21H23BrN2O4/c1-12-7-14(3)20(15(4)8-12)21(27)28-11-19(26)23-10-18(25)24-17-6-5-16(22)9-13(17)2/h5-9H,10-11H2,1-4H3,(H,23,26)(H,24,25). The Balaban J connectivity index is 1.82. The van der Waals surface area contributed by atoms with Crippen LogP contribution in [0.3, 0.4) is 0 Å². The van der Waals surface area contributed by atoms with Gasteiger partial charge in [-0.1, -0.05) is 33.6 Å². The average Bonchev–Trinajstić information content (AvgIpc) is 2.59. The smallest absolute Gasteiger partial charge is 0.339 e. The predicted molar refractivity (Wildman–Crippen MR) is 111 cm³/mol. The molecule has 2 N–H and O–H groups in total. The van der Waals surface area contributed by atoms with E-state index < -0.39 is 18.5 Å². The largest absolute Gasteiger partial charge is 0.452 e. The molecule has 2 rings (SSSR count). The number of halogens is 1. The van der Waals surface area contributed by atoms with Crippen molar-refractivity contribution in [1.82, 2.24) is 5.32 Å². The summed E-state index contributed by atoms with van der Waals surface area (Å²) in [5.74, 6) is -1.46. The summed E-state index contributed by atoms with van der Waals surface area (Å²) in [4.78, 5) is 36.1. The maximum atomic E-state index is 12.3. The molecular formula is C21H23BrN2O4. The highest BCUT2D eigenvalue weighted by Gasteiger charge is 2.16. The van der Waals surface area contributed by atoms with Gasteiger partial charge in [0.1, 0.15) is 0 Å². The third-order valence-corrected chi connectivity index (χ3v) is 4.62. The summed E-state index contributed by atoms with van der Waals surface area (Å²) in [6.45, 7) is 6.80. The molecule has 2 aromatic rings. The molecule has 0 aliphatic rings. The highest BCUT2D eigenvalue weighted by atomic mass is 79.9. The average molecular weight is 447 g/mol. The van der Waals surface area contributed by atoms with Crippen molar-refractivity contribution in [3.63, 3.8) is 0 Å². The topological polar surface area (TPSA) is 84.5 Å². The summed E-state index contributed by atoms with van der Waals surface area (Å²) in [6, 6.07) is 9.24. The lowest BCUT2D eigenvalue weighted by Crippen LogP contribution is -2.35. The fourth-order valence-corrected chi connectivity index (χ4v) is 3.37. The Kier molecular flexibility index (Phi) is 7.34. The minimum absolute atomic E-state index is 0.214. The molecule has 2 aromatic carbocycles. The first-order chi connectivity index (χ1) is 13.2. The molecule has 0 heterocycles. The van der Waals surface area contributed by atoms with E-state index in [0.717, 1.165) is 26.7 Å². The number of anilines is 1. The zero-order valence-corrected chi connectivity index (χ0v) is 17.9. The van der Waals surface area contributed by atoms with E-state index in [9.17, 15) is 14.4 Å². The van der Waals surface area contributed by atoms with E-state index in [2.05, 4.69) is 26.6 Å². The summed E-state index contributed by atoms with van der Waals surface area (Å²) in [7, 11) is 0. The van der Waals surface area contributed by atoms with Crippen LogP contribution in [0.5, 0.6) is 0 Å². The van der Waals surface area contributed by atoms with Crippen LogP contribution in [0.2, 0.25) is 0 Å². The van der Waals surface area contributed by atoms with Gasteiger partial charge in [0.2, 0.25) is 5.91 Å². The van der Waals surface area contributed by atoms with E-state index in [1.807, 2.05) is 52.0 Å². The zero-order chi connectivity index (χ0) is 20.8. The van der Waals surface area contributed by atoms with Crippen molar-refractivity contribution in [2.75, 3.05) is 18.5 Å². The highest BCUT2D eigenvalue weighted by Crippen LogP contribution is 2.20. The molecule has 7 heteroatoms. The van der Waals surface area contributed by atoms with Crippen molar-refractivity contribution in [2.24, 2.45) is 0 Å². The number of hydrogen-bond donors (Lipinski definition) is 2. The van der Waals surface area contributed by atoms with Crippen LogP contribution < -0.4 is 10.6 Å². The van der Waals surface area contributed by atoms with E-state index in [4.69, 9.17) is 4.74 Å². The Morgan fingerprint density at radius 3 is 2.18 bits per heavy atom. The Hall–Kier alpha value is -2.67. The SMILES string of the molecule is Cc1cc(C)c(C(=O)OCC(=O)NCC(=O)Nc2ccc(Br)cc2C)c(C)c1. The van der Waals surface area contributed by atoms with Crippen molar-refractivity contribution >= 4 is 39.4 Å². The van der Waals surface area contributed by atoms with Gasteiger partial charge in [0.15, 0.2) is 6.61 Å². The Bertz CT molecular complexity index is 902. The van der Waals surface area contributed by atoms with Crippen molar-refractivity contribution in [2.45, 2.75) is 27.7 Å². The second-order valence-electron chi connectivity index (χ2n) is 6.63. The maximum absolute atomic E-state index is 12.3. The van der Waals surface area contributed by atoms with Crippen LogP contribution >= 0.6 is 15.9 Å². The number of ether oxygens (including phenoxy) is 1. The van der Waals surface area contributed by atoms with Crippen LogP contribution in [0.4, 0.5) is 5.69 Å². The zero-order valence-electron chi connectivity index (χ0n) is 16.3. The van der Waals surface area contributed by atoms with Crippen molar-refractivity contribution in [3.05, 3.63) is 62.6 Å². The monoisotopic (exact) mass is 446 g/mol. The van der Waals surface area contributed by atoms with E-state index in [-0.39, 0.29) is 12.5 Å². The molecule has 0 saturated heterocycles. The molecule has 148 valence electrons. The fraction of sp³-hybridized carbons (Fsp3) is 0.286. The summed E-state index contributed by atoms with van der Waals surface area (Å²) in [5, 5.41) is 5.16. The van der Waals surface area contributed by atoms with Crippen LogP contribution in [0, 0.1) is 27.7 Å². The van der Waals surface area contributed by atoms with E-state index >= 15 is 0 Å². The Labute approximate surface area is 172 Å². The van der Waals surface area contributed by atoms with Crippen LogP contribution in [0.15, 0.2) is 34.8 Å². The molecule has 0 aliphatic carbocycles. The third kappa shape index (κ3) is 5.92. The highest BCUT2D eigenvalue weighted by molar-refractivity contribution is 9.10. The first-order valence-electron chi connectivity index (χ1n) is 8.75. The van der Waals surface area contributed by atoms with Gasteiger partial charge in [-0.3, -0.25) is 9.59 Å². The number of hydrogen-bond acceptors (Lipinski definition) is 4. The van der Waals surface area contributed by atoms with Crippen molar-refractivity contribution in [3.8, 4) is 0 Å². The van der Waals surface area contributed by atoms with Gasteiger partial charge in [0, 0.05) is 10.2 Å². The molecular weight excluding hydrogens is 424 g/mol.